The molecule has 110 valence electrons. The quantitative estimate of drug-likeness (QED) is 0.508. The standard InChI is InChI=1S/C14H11BrClIN2O2/c1-21-9-5-7(4-8(15)12(9)20)14-18-11(6-2-3-6)10(17)13(16)19-14/h4-6,20H,2-3H2,1H3. The van der Waals surface area contributed by atoms with E-state index in [1.807, 2.05) is 0 Å². The van der Waals surface area contributed by atoms with Gasteiger partial charge in [-0.15, -0.1) is 0 Å². The number of hydrogen-bond donors (Lipinski definition) is 1. The number of halogens is 3. The van der Waals surface area contributed by atoms with Crippen molar-refractivity contribution in [2.24, 2.45) is 0 Å². The molecule has 0 saturated heterocycles. The lowest BCUT2D eigenvalue weighted by atomic mass is 10.1. The number of ether oxygens (including phenoxy) is 1. The number of aromatic hydroxyl groups is 1. The molecular formula is C14H11BrClIN2O2. The number of phenolic OH excluding ortho intramolecular Hbond substituents is 1. The Morgan fingerprint density at radius 3 is 2.71 bits per heavy atom. The van der Waals surface area contributed by atoms with Crippen LogP contribution in [0, 0.1) is 3.57 Å². The van der Waals surface area contributed by atoms with Crippen molar-refractivity contribution in [3.63, 3.8) is 0 Å². The first-order chi connectivity index (χ1) is 10.0. The molecule has 4 nitrogen and oxygen atoms in total. The van der Waals surface area contributed by atoms with Crippen molar-refractivity contribution < 1.29 is 9.84 Å². The molecular weight excluding hydrogens is 470 g/mol. The van der Waals surface area contributed by atoms with Crippen molar-refractivity contribution in [3.8, 4) is 22.9 Å². The molecule has 1 aliphatic rings. The first kappa shape index (κ1) is 15.3. The van der Waals surface area contributed by atoms with E-state index in [4.69, 9.17) is 16.3 Å². The number of nitrogens with zero attached hydrogens (tertiary/aromatic N) is 2. The second kappa shape index (κ2) is 5.89. The molecule has 0 unspecified atom stereocenters. The minimum atomic E-state index is 0.0558. The van der Waals surface area contributed by atoms with Gasteiger partial charge in [0.1, 0.15) is 5.15 Å². The Bertz CT molecular complexity index is 723. The zero-order chi connectivity index (χ0) is 15.1. The summed E-state index contributed by atoms with van der Waals surface area (Å²) in [7, 11) is 1.50. The fourth-order valence-electron chi connectivity index (χ4n) is 2.05. The normalized spacial score (nSPS) is 14.3. The van der Waals surface area contributed by atoms with E-state index in [-0.39, 0.29) is 5.75 Å². The number of rotatable bonds is 3. The van der Waals surface area contributed by atoms with Crippen LogP contribution in [0.15, 0.2) is 16.6 Å². The van der Waals surface area contributed by atoms with Crippen LogP contribution in [0.25, 0.3) is 11.4 Å². The second-order valence-corrected chi connectivity index (χ2v) is 7.11. The molecule has 1 aliphatic carbocycles. The van der Waals surface area contributed by atoms with Gasteiger partial charge < -0.3 is 9.84 Å². The van der Waals surface area contributed by atoms with Crippen LogP contribution >= 0.6 is 50.1 Å². The van der Waals surface area contributed by atoms with E-state index in [0.29, 0.717) is 27.1 Å². The summed E-state index contributed by atoms with van der Waals surface area (Å²) in [6.07, 6.45) is 2.29. The van der Waals surface area contributed by atoms with Gasteiger partial charge in [0, 0.05) is 11.5 Å². The zero-order valence-corrected chi connectivity index (χ0v) is 15.5. The number of phenols is 1. The van der Waals surface area contributed by atoms with Crippen molar-refractivity contribution >= 4 is 50.1 Å². The van der Waals surface area contributed by atoms with E-state index in [1.165, 1.54) is 7.11 Å². The maximum Gasteiger partial charge on any atom is 0.172 e. The fraction of sp³-hybridized carbons (Fsp3) is 0.286. The highest BCUT2D eigenvalue weighted by atomic mass is 127. The van der Waals surface area contributed by atoms with E-state index in [1.54, 1.807) is 12.1 Å². The Labute approximate surface area is 149 Å². The summed E-state index contributed by atoms with van der Waals surface area (Å²) in [6, 6.07) is 3.46. The van der Waals surface area contributed by atoms with Gasteiger partial charge >= 0.3 is 0 Å². The van der Waals surface area contributed by atoms with Gasteiger partial charge in [0.2, 0.25) is 0 Å². The second-order valence-electron chi connectivity index (χ2n) is 4.82. The maximum atomic E-state index is 9.88. The number of methoxy groups -OCH3 is 1. The van der Waals surface area contributed by atoms with Gasteiger partial charge in [-0.2, -0.15) is 0 Å². The van der Waals surface area contributed by atoms with Gasteiger partial charge in [0.15, 0.2) is 17.3 Å². The lowest BCUT2D eigenvalue weighted by molar-refractivity contribution is 0.372. The Morgan fingerprint density at radius 1 is 1.38 bits per heavy atom. The summed E-state index contributed by atoms with van der Waals surface area (Å²) in [5.41, 5.74) is 1.76. The minimum absolute atomic E-state index is 0.0558. The monoisotopic (exact) mass is 480 g/mol. The molecule has 1 N–H and O–H groups in total. The highest BCUT2D eigenvalue weighted by molar-refractivity contribution is 14.1. The molecule has 1 aromatic carbocycles. The number of aromatic nitrogens is 2. The van der Waals surface area contributed by atoms with Crippen LogP contribution < -0.4 is 4.74 Å². The fourth-order valence-corrected chi connectivity index (χ4v) is 3.35. The summed E-state index contributed by atoms with van der Waals surface area (Å²) in [6.45, 7) is 0. The molecule has 0 spiro atoms. The van der Waals surface area contributed by atoms with E-state index < -0.39 is 0 Å². The Kier molecular flexibility index (Phi) is 4.29. The number of benzene rings is 1. The lowest BCUT2D eigenvalue weighted by Crippen LogP contribution is -2.00. The van der Waals surface area contributed by atoms with Crippen molar-refractivity contribution in [3.05, 3.63) is 31.0 Å². The summed E-state index contributed by atoms with van der Waals surface area (Å²) >= 11 is 11.7. The van der Waals surface area contributed by atoms with Gasteiger partial charge in [0.25, 0.3) is 0 Å². The van der Waals surface area contributed by atoms with Gasteiger partial charge in [-0.3, -0.25) is 0 Å². The predicted molar refractivity (Wildman–Crippen MR) is 93.1 cm³/mol. The van der Waals surface area contributed by atoms with Crippen molar-refractivity contribution in [2.75, 3.05) is 7.11 Å². The highest BCUT2D eigenvalue weighted by Gasteiger charge is 2.29. The predicted octanol–water partition coefficient (Wildman–Crippen LogP) is 4.76. The van der Waals surface area contributed by atoms with E-state index >= 15 is 0 Å². The van der Waals surface area contributed by atoms with Crippen LogP contribution in [0.5, 0.6) is 11.5 Å². The van der Waals surface area contributed by atoms with Gasteiger partial charge in [-0.05, 0) is 63.5 Å². The van der Waals surface area contributed by atoms with Crippen LogP contribution in [0.1, 0.15) is 24.5 Å². The molecule has 7 heteroatoms. The van der Waals surface area contributed by atoms with Gasteiger partial charge in [0.05, 0.1) is 20.8 Å². The summed E-state index contributed by atoms with van der Waals surface area (Å²) in [4.78, 5) is 9.00. The van der Waals surface area contributed by atoms with Crippen molar-refractivity contribution in [1.29, 1.82) is 0 Å². The zero-order valence-electron chi connectivity index (χ0n) is 11.0. The first-order valence-electron chi connectivity index (χ1n) is 6.31. The van der Waals surface area contributed by atoms with E-state index in [9.17, 15) is 5.11 Å². The SMILES string of the molecule is COc1cc(-c2nc(Cl)c(I)c(C3CC3)n2)cc(Br)c1O. The largest absolute Gasteiger partial charge is 0.503 e. The van der Waals surface area contributed by atoms with E-state index in [2.05, 4.69) is 48.5 Å². The Hall–Kier alpha value is -0.600. The minimum Gasteiger partial charge on any atom is -0.503 e. The first-order valence-corrected chi connectivity index (χ1v) is 8.56. The summed E-state index contributed by atoms with van der Waals surface area (Å²) < 4.78 is 6.61. The number of hydrogen-bond acceptors (Lipinski definition) is 4. The lowest BCUT2D eigenvalue weighted by Gasteiger charge is -2.10. The molecule has 21 heavy (non-hydrogen) atoms. The van der Waals surface area contributed by atoms with Crippen LogP contribution in [-0.2, 0) is 0 Å². The maximum absolute atomic E-state index is 9.88. The molecule has 0 amide bonds. The molecule has 0 aliphatic heterocycles. The molecule has 2 aromatic rings. The molecule has 1 fully saturated rings. The van der Waals surface area contributed by atoms with Gasteiger partial charge in [-0.25, -0.2) is 9.97 Å². The topological polar surface area (TPSA) is 55.2 Å². The third-order valence-electron chi connectivity index (χ3n) is 3.31. The van der Waals surface area contributed by atoms with E-state index in [0.717, 1.165) is 27.7 Å². The summed E-state index contributed by atoms with van der Waals surface area (Å²) in [5.74, 6) is 1.45. The molecule has 0 radical (unpaired) electrons. The smallest absolute Gasteiger partial charge is 0.172 e. The molecule has 1 saturated carbocycles. The Balaban J connectivity index is 2.14. The third kappa shape index (κ3) is 2.98. The molecule has 1 heterocycles. The average Bonchev–Trinajstić information content (AvgIpc) is 3.29. The Morgan fingerprint density at radius 2 is 2.10 bits per heavy atom. The van der Waals surface area contributed by atoms with Crippen LogP contribution in [-0.4, -0.2) is 22.2 Å². The molecule has 1 aromatic heterocycles. The molecule has 0 atom stereocenters. The van der Waals surface area contributed by atoms with Crippen molar-refractivity contribution in [1.82, 2.24) is 9.97 Å². The summed E-state index contributed by atoms with van der Waals surface area (Å²) in [5, 5.41) is 10.3. The van der Waals surface area contributed by atoms with Crippen LogP contribution in [0.3, 0.4) is 0 Å². The third-order valence-corrected chi connectivity index (χ3v) is 5.57. The average molecular weight is 482 g/mol. The molecule has 3 rings (SSSR count). The molecule has 0 bridgehead atoms. The van der Waals surface area contributed by atoms with Crippen LogP contribution in [0.4, 0.5) is 0 Å². The van der Waals surface area contributed by atoms with Crippen LogP contribution in [0.2, 0.25) is 5.15 Å². The van der Waals surface area contributed by atoms with Gasteiger partial charge in [-0.1, -0.05) is 11.6 Å². The van der Waals surface area contributed by atoms with Crippen molar-refractivity contribution in [2.45, 2.75) is 18.8 Å². The highest BCUT2D eigenvalue weighted by Crippen LogP contribution is 2.43.